The Hall–Kier alpha value is -3.21. The van der Waals surface area contributed by atoms with E-state index in [1.807, 2.05) is 61.5 Å². The monoisotopic (exact) mass is 361 g/mol. The van der Waals surface area contributed by atoms with E-state index in [0.29, 0.717) is 13.1 Å². The van der Waals surface area contributed by atoms with Gasteiger partial charge < -0.3 is 10.2 Å². The summed E-state index contributed by atoms with van der Waals surface area (Å²) in [6, 6.07) is 17.5. The van der Waals surface area contributed by atoms with Crippen LogP contribution in [0.2, 0.25) is 0 Å². The van der Waals surface area contributed by atoms with Gasteiger partial charge in [-0.15, -0.1) is 0 Å². The van der Waals surface area contributed by atoms with Gasteiger partial charge in [0, 0.05) is 38.0 Å². The topological polar surface area (TPSA) is 62.3 Å². The minimum Gasteiger partial charge on any atom is -0.352 e. The van der Waals surface area contributed by atoms with Crippen LogP contribution >= 0.6 is 0 Å². The number of rotatable bonds is 6. The molecule has 0 atom stereocenters. The van der Waals surface area contributed by atoms with Gasteiger partial charge in [0.1, 0.15) is 0 Å². The number of hydrogen-bond donors (Lipinski definition) is 1. The minimum absolute atomic E-state index is 0.0855. The van der Waals surface area contributed by atoms with E-state index in [0.717, 1.165) is 27.7 Å². The molecule has 138 valence electrons. The fourth-order valence-electron chi connectivity index (χ4n) is 3.06. The quantitative estimate of drug-likeness (QED) is 0.730. The molecule has 0 saturated carbocycles. The van der Waals surface area contributed by atoms with Crippen molar-refractivity contribution in [1.29, 1.82) is 0 Å². The van der Waals surface area contributed by atoms with Crippen molar-refractivity contribution in [3.63, 3.8) is 0 Å². The summed E-state index contributed by atoms with van der Waals surface area (Å²) in [5.41, 5.74) is 3.72. The van der Waals surface area contributed by atoms with Crippen molar-refractivity contribution in [2.24, 2.45) is 0 Å². The van der Waals surface area contributed by atoms with E-state index in [4.69, 9.17) is 0 Å². The van der Waals surface area contributed by atoms with E-state index in [1.54, 1.807) is 11.1 Å². The Balaban J connectivity index is 1.67. The third kappa shape index (κ3) is 4.50. The molecule has 5 heteroatoms. The Labute approximate surface area is 159 Å². The molecule has 0 spiro atoms. The molecule has 0 saturated heterocycles. The summed E-state index contributed by atoms with van der Waals surface area (Å²) in [5.74, 6) is -0.197. The number of aromatic nitrogens is 1. The molecule has 2 aromatic carbocycles. The number of fused-ring (bicyclic) bond motifs is 1. The predicted molar refractivity (Wildman–Crippen MR) is 107 cm³/mol. The van der Waals surface area contributed by atoms with Gasteiger partial charge in [-0.2, -0.15) is 0 Å². The van der Waals surface area contributed by atoms with Crippen molar-refractivity contribution < 1.29 is 9.59 Å². The van der Waals surface area contributed by atoms with Crippen LogP contribution in [0.15, 0.2) is 60.8 Å². The number of carbonyl (C=O) groups excluding carboxylic acids is 2. The summed E-state index contributed by atoms with van der Waals surface area (Å²) >= 11 is 0. The van der Waals surface area contributed by atoms with Gasteiger partial charge in [0.2, 0.25) is 11.8 Å². The van der Waals surface area contributed by atoms with Crippen molar-refractivity contribution in [3.8, 4) is 0 Å². The highest BCUT2D eigenvalue weighted by molar-refractivity contribution is 6.01. The van der Waals surface area contributed by atoms with Crippen molar-refractivity contribution >= 4 is 28.4 Å². The first-order chi connectivity index (χ1) is 13.1. The van der Waals surface area contributed by atoms with Crippen LogP contribution in [0, 0.1) is 6.92 Å². The second-order valence-corrected chi connectivity index (χ2v) is 6.48. The lowest BCUT2D eigenvalue weighted by Gasteiger charge is -2.22. The molecule has 0 bridgehead atoms. The number of hydrogen-bond acceptors (Lipinski definition) is 3. The zero-order valence-corrected chi connectivity index (χ0v) is 15.6. The zero-order valence-electron chi connectivity index (χ0n) is 15.6. The fraction of sp³-hybridized carbons (Fsp3) is 0.227. The minimum atomic E-state index is -0.111. The van der Waals surface area contributed by atoms with Crippen LogP contribution in [0.1, 0.15) is 24.5 Å². The van der Waals surface area contributed by atoms with Crippen LogP contribution in [0.5, 0.6) is 0 Å². The molecule has 2 amide bonds. The van der Waals surface area contributed by atoms with Crippen molar-refractivity contribution in [3.05, 3.63) is 71.9 Å². The molecule has 1 heterocycles. The van der Waals surface area contributed by atoms with Crippen LogP contribution in [-0.4, -0.2) is 23.3 Å². The van der Waals surface area contributed by atoms with Gasteiger partial charge in [-0.05, 0) is 30.2 Å². The first-order valence-electron chi connectivity index (χ1n) is 8.99. The number of anilines is 1. The average molecular weight is 361 g/mol. The Morgan fingerprint density at radius 1 is 1.04 bits per heavy atom. The van der Waals surface area contributed by atoms with Crippen LogP contribution < -0.4 is 10.2 Å². The molecule has 0 aliphatic heterocycles. The van der Waals surface area contributed by atoms with Gasteiger partial charge in [0.25, 0.3) is 0 Å². The molecule has 0 unspecified atom stereocenters. The van der Waals surface area contributed by atoms with E-state index in [9.17, 15) is 9.59 Å². The number of pyridine rings is 1. The molecule has 0 fully saturated rings. The number of nitrogens with one attached hydrogen (secondary N) is 1. The summed E-state index contributed by atoms with van der Waals surface area (Å²) in [6.45, 7) is 4.32. The van der Waals surface area contributed by atoms with Crippen molar-refractivity contribution in [1.82, 2.24) is 10.3 Å². The lowest BCUT2D eigenvalue weighted by Crippen LogP contribution is -2.34. The summed E-state index contributed by atoms with van der Waals surface area (Å²) in [5, 5.41) is 3.89. The molecule has 1 N–H and O–H groups in total. The number of carbonyl (C=O) groups is 2. The second-order valence-electron chi connectivity index (χ2n) is 6.48. The van der Waals surface area contributed by atoms with Gasteiger partial charge in [-0.1, -0.05) is 42.5 Å². The maximum atomic E-state index is 12.3. The maximum Gasteiger partial charge on any atom is 0.223 e. The maximum absolute atomic E-state index is 12.3. The van der Waals surface area contributed by atoms with Crippen LogP contribution in [0.3, 0.4) is 0 Å². The summed E-state index contributed by atoms with van der Waals surface area (Å²) in [6.07, 6.45) is 1.94. The summed E-state index contributed by atoms with van der Waals surface area (Å²) < 4.78 is 0. The third-order valence-corrected chi connectivity index (χ3v) is 4.58. The van der Waals surface area contributed by atoms with E-state index >= 15 is 0 Å². The molecule has 1 aromatic heterocycles. The standard InChI is InChI=1S/C22H23N3O2/c1-16-7-3-4-8-19(16)15-24-21(27)12-14-25(17(2)26)20-11-5-9-18-10-6-13-23-22(18)20/h3-11,13H,12,14-15H2,1-2H3,(H,24,27). The van der Waals surface area contributed by atoms with Gasteiger partial charge in [0.15, 0.2) is 0 Å². The average Bonchev–Trinajstić information content (AvgIpc) is 2.67. The van der Waals surface area contributed by atoms with Crippen molar-refractivity contribution in [2.45, 2.75) is 26.8 Å². The zero-order chi connectivity index (χ0) is 19.2. The van der Waals surface area contributed by atoms with Crippen LogP contribution in [-0.2, 0) is 16.1 Å². The molecule has 5 nitrogen and oxygen atoms in total. The Bertz CT molecular complexity index is 963. The Kier molecular flexibility index (Phi) is 5.81. The second kappa shape index (κ2) is 8.45. The van der Waals surface area contributed by atoms with Gasteiger partial charge >= 0.3 is 0 Å². The predicted octanol–water partition coefficient (Wildman–Crippen LogP) is 3.60. The molecule has 27 heavy (non-hydrogen) atoms. The summed E-state index contributed by atoms with van der Waals surface area (Å²) in [4.78, 5) is 30.5. The lowest BCUT2D eigenvalue weighted by molar-refractivity contribution is -0.121. The number of amides is 2. The Morgan fingerprint density at radius 2 is 1.81 bits per heavy atom. The fourth-order valence-corrected chi connectivity index (χ4v) is 3.06. The van der Waals surface area contributed by atoms with E-state index in [-0.39, 0.29) is 18.2 Å². The van der Waals surface area contributed by atoms with Crippen LogP contribution in [0.4, 0.5) is 5.69 Å². The number of benzene rings is 2. The lowest BCUT2D eigenvalue weighted by atomic mass is 10.1. The van der Waals surface area contributed by atoms with Crippen LogP contribution in [0.25, 0.3) is 10.9 Å². The molecule has 3 rings (SSSR count). The van der Waals surface area contributed by atoms with Crippen molar-refractivity contribution in [2.75, 3.05) is 11.4 Å². The molecular formula is C22H23N3O2. The number of para-hydroxylation sites is 1. The highest BCUT2D eigenvalue weighted by Gasteiger charge is 2.16. The van der Waals surface area contributed by atoms with Gasteiger partial charge in [-0.25, -0.2) is 0 Å². The normalized spacial score (nSPS) is 10.6. The molecule has 3 aromatic rings. The molecule has 0 aliphatic carbocycles. The largest absolute Gasteiger partial charge is 0.352 e. The van der Waals surface area contributed by atoms with Gasteiger partial charge in [-0.3, -0.25) is 14.6 Å². The number of nitrogens with zero attached hydrogens (tertiary/aromatic N) is 2. The van der Waals surface area contributed by atoms with Gasteiger partial charge in [0.05, 0.1) is 11.2 Å². The Morgan fingerprint density at radius 3 is 2.59 bits per heavy atom. The molecular weight excluding hydrogens is 338 g/mol. The third-order valence-electron chi connectivity index (χ3n) is 4.58. The van der Waals surface area contributed by atoms with E-state index in [1.165, 1.54) is 6.92 Å². The highest BCUT2D eigenvalue weighted by atomic mass is 16.2. The first-order valence-corrected chi connectivity index (χ1v) is 8.99. The summed E-state index contributed by atoms with van der Waals surface area (Å²) in [7, 11) is 0. The SMILES string of the molecule is CC(=O)N(CCC(=O)NCc1ccccc1C)c1cccc2cccnc12. The number of aryl methyl sites for hydroxylation is 1. The first kappa shape index (κ1) is 18.6. The van der Waals surface area contributed by atoms with E-state index in [2.05, 4.69) is 10.3 Å². The van der Waals surface area contributed by atoms with E-state index < -0.39 is 0 Å². The molecule has 0 aliphatic rings. The highest BCUT2D eigenvalue weighted by Crippen LogP contribution is 2.25. The smallest absolute Gasteiger partial charge is 0.223 e. The molecule has 0 radical (unpaired) electrons.